The molecule has 5 heteroatoms. The van der Waals surface area contributed by atoms with Gasteiger partial charge >= 0.3 is 0 Å². The van der Waals surface area contributed by atoms with Crippen molar-refractivity contribution in [2.24, 2.45) is 0 Å². The van der Waals surface area contributed by atoms with Crippen molar-refractivity contribution in [2.45, 2.75) is 6.61 Å². The fourth-order valence-corrected chi connectivity index (χ4v) is 2.29. The number of benzene rings is 2. The summed E-state index contributed by atoms with van der Waals surface area (Å²) >= 11 is 9.29. The number of nitriles is 1. The molecule has 0 saturated heterocycles. The number of rotatable bonds is 4. The normalized spacial score (nSPS) is 9.90. The van der Waals surface area contributed by atoms with Crippen LogP contribution in [0.5, 0.6) is 11.5 Å². The zero-order valence-electron chi connectivity index (χ0n) is 10.7. The van der Waals surface area contributed by atoms with Crippen LogP contribution >= 0.6 is 27.5 Å². The van der Waals surface area contributed by atoms with Gasteiger partial charge in [0, 0.05) is 15.1 Å². The highest BCUT2D eigenvalue weighted by Crippen LogP contribution is 2.27. The summed E-state index contributed by atoms with van der Waals surface area (Å²) < 4.78 is 11.8. The van der Waals surface area contributed by atoms with Crippen molar-refractivity contribution in [3.05, 3.63) is 57.0 Å². The van der Waals surface area contributed by atoms with Crippen LogP contribution in [-0.4, -0.2) is 7.11 Å². The summed E-state index contributed by atoms with van der Waals surface area (Å²) in [4.78, 5) is 0. The molecule has 0 heterocycles. The van der Waals surface area contributed by atoms with Crippen LogP contribution in [-0.2, 0) is 6.61 Å². The summed E-state index contributed by atoms with van der Waals surface area (Å²) in [6.45, 7) is 0.278. The van der Waals surface area contributed by atoms with Gasteiger partial charge in [-0.2, -0.15) is 5.26 Å². The Bertz CT molecular complexity index is 667. The van der Waals surface area contributed by atoms with Gasteiger partial charge in [-0.15, -0.1) is 0 Å². The number of halogens is 2. The highest BCUT2D eigenvalue weighted by molar-refractivity contribution is 9.10. The van der Waals surface area contributed by atoms with Crippen molar-refractivity contribution in [2.75, 3.05) is 7.11 Å². The topological polar surface area (TPSA) is 42.2 Å². The van der Waals surface area contributed by atoms with Gasteiger partial charge in [0.05, 0.1) is 12.7 Å². The number of hydrogen-bond donors (Lipinski definition) is 0. The maximum atomic E-state index is 9.09. The fourth-order valence-electron chi connectivity index (χ4n) is 1.73. The minimum Gasteiger partial charge on any atom is -0.496 e. The maximum absolute atomic E-state index is 9.09. The zero-order valence-corrected chi connectivity index (χ0v) is 13.0. The van der Waals surface area contributed by atoms with E-state index in [1.807, 2.05) is 6.07 Å². The first kappa shape index (κ1) is 14.7. The second kappa shape index (κ2) is 6.65. The van der Waals surface area contributed by atoms with Crippen LogP contribution in [0, 0.1) is 11.3 Å². The molecule has 0 saturated carbocycles. The first-order valence-corrected chi connectivity index (χ1v) is 6.96. The number of methoxy groups -OCH3 is 1. The second-order valence-electron chi connectivity index (χ2n) is 4.00. The van der Waals surface area contributed by atoms with Gasteiger partial charge in [-0.1, -0.05) is 27.5 Å². The molecule has 3 nitrogen and oxygen atoms in total. The number of ether oxygens (including phenoxy) is 2. The molecule has 2 aromatic carbocycles. The molecular weight excluding hydrogens is 342 g/mol. The Kier molecular flexibility index (Phi) is 4.89. The lowest BCUT2D eigenvalue weighted by Crippen LogP contribution is -2.00. The molecular formula is C15H11BrClNO2. The van der Waals surface area contributed by atoms with Gasteiger partial charge in [-0.3, -0.25) is 0 Å². The van der Waals surface area contributed by atoms with Crippen LogP contribution in [0.4, 0.5) is 0 Å². The molecule has 0 aliphatic rings. The predicted molar refractivity (Wildman–Crippen MR) is 81.2 cm³/mol. The van der Waals surface area contributed by atoms with E-state index in [2.05, 4.69) is 22.0 Å². The van der Waals surface area contributed by atoms with Crippen LogP contribution in [0.1, 0.15) is 11.1 Å². The van der Waals surface area contributed by atoms with Crippen molar-refractivity contribution in [3.8, 4) is 17.6 Å². The van der Waals surface area contributed by atoms with Crippen LogP contribution < -0.4 is 9.47 Å². The molecule has 0 bridgehead atoms. The molecule has 0 radical (unpaired) electrons. The first-order valence-electron chi connectivity index (χ1n) is 5.79. The van der Waals surface area contributed by atoms with Crippen LogP contribution in [0.3, 0.4) is 0 Å². The molecule has 0 aromatic heterocycles. The molecule has 0 aliphatic carbocycles. The molecule has 2 aromatic rings. The van der Waals surface area contributed by atoms with Crippen molar-refractivity contribution in [3.63, 3.8) is 0 Å². The SMILES string of the molecule is COc1ccc(Cl)cc1COc1ccc(Br)cc1C#N. The molecule has 0 spiro atoms. The van der Waals surface area contributed by atoms with Crippen LogP contribution in [0.2, 0.25) is 5.02 Å². The predicted octanol–water partition coefficient (Wildman–Crippen LogP) is 4.56. The van der Waals surface area contributed by atoms with E-state index >= 15 is 0 Å². The third kappa shape index (κ3) is 3.44. The van der Waals surface area contributed by atoms with E-state index < -0.39 is 0 Å². The van der Waals surface area contributed by atoms with Gasteiger partial charge in [0.2, 0.25) is 0 Å². The lowest BCUT2D eigenvalue weighted by atomic mass is 10.2. The Labute approximate surface area is 130 Å². The summed E-state index contributed by atoms with van der Waals surface area (Å²) in [5.41, 5.74) is 1.30. The first-order chi connectivity index (χ1) is 9.63. The van der Waals surface area contributed by atoms with Crippen molar-refractivity contribution >= 4 is 27.5 Å². The minimum absolute atomic E-state index is 0.278. The average Bonchev–Trinajstić information content (AvgIpc) is 2.46. The van der Waals surface area contributed by atoms with Gasteiger partial charge in [-0.05, 0) is 36.4 Å². The second-order valence-corrected chi connectivity index (χ2v) is 5.35. The Morgan fingerprint density at radius 3 is 2.65 bits per heavy atom. The van der Waals surface area contributed by atoms with E-state index in [1.54, 1.807) is 37.4 Å². The number of nitrogens with zero attached hydrogens (tertiary/aromatic N) is 1. The minimum atomic E-state index is 0.278. The molecule has 20 heavy (non-hydrogen) atoms. The van der Waals surface area contributed by atoms with E-state index in [0.717, 1.165) is 10.0 Å². The Balaban J connectivity index is 2.21. The van der Waals surface area contributed by atoms with Gasteiger partial charge < -0.3 is 9.47 Å². The monoisotopic (exact) mass is 351 g/mol. The summed E-state index contributed by atoms with van der Waals surface area (Å²) in [5, 5.41) is 9.70. The standard InChI is InChI=1S/C15H11BrClNO2/c1-19-14-5-3-13(17)7-11(14)9-20-15-4-2-12(16)6-10(15)8-18/h2-7H,9H2,1H3. The van der Waals surface area contributed by atoms with E-state index in [0.29, 0.717) is 22.1 Å². The van der Waals surface area contributed by atoms with Gasteiger partial charge in [0.15, 0.2) is 0 Å². The van der Waals surface area contributed by atoms with Gasteiger partial charge in [0.1, 0.15) is 24.2 Å². The van der Waals surface area contributed by atoms with Crippen molar-refractivity contribution in [1.82, 2.24) is 0 Å². The summed E-state index contributed by atoms with van der Waals surface area (Å²) in [6, 6.07) is 12.7. The number of hydrogen-bond acceptors (Lipinski definition) is 3. The van der Waals surface area contributed by atoms with Crippen molar-refractivity contribution < 1.29 is 9.47 Å². The lowest BCUT2D eigenvalue weighted by molar-refractivity contribution is 0.296. The lowest BCUT2D eigenvalue weighted by Gasteiger charge is -2.11. The average molecular weight is 353 g/mol. The smallest absolute Gasteiger partial charge is 0.137 e. The van der Waals surface area contributed by atoms with Gasteiger partial charge in [-0.25, -0.2) is 0 Å². The molecule has 0 fully saturated rings. The molecule has 0 atom stereocenters. The summed E-state index contributed by atoms with van der Waals surface area (Å²) in [5.74, 6) is 1.22. The molecule has 0 unspecified atom stereocenters. The third-order valence-electron chi connectivity index (χ3n) is 2.69. The zero-order chi connectivity index (χ0) is 14.5. The van der Waals surface area contributed by atoms with Crippen LogP contribution in [0.25, 0.3) is 0 Å². The Hall–Kier alpha value is -1.70. The summed E-state index contributed by atoms with van der Waals surface area (Å²) in [6.07, 6.45) is 0. The van der Waals surface area contributed by atoms with Gasteiger partial charge in [0.25, 0.3) is 0 Å². The molecule has 0 amide bonds. The molecule has 102 valence electrons. The van der Waals surface area contributed by atoms with E-state index in [1.165, 1.54) is 0 Å². The van der Waals surface area contributed by atoms with E-state index in [-0.39, 0.29) is 6.61 Å². The third-order valence-corrected chi connectivity index (χ3v) is 3.42. The quantitative estimate of drug-likeness (QED) is 0.810. The molecule has 2 rings (SSSR count). The van der Waals surface area contributed by atoms with E-state index in [9.17, 15) is 0 Å². The fraction of sp³-hybridized carbons (Fsp3) is 0.133. The highest BCUT2D eigenvalue weighted by atomic mass is 79.9. The molecule has 0 N–H and O–H groups in total. The maximum Gasteiger partial charge on any atom is 0.137 e. The van der Waals surface area contributed by atoms with Crippen molar-refractivity contribution in [1.29, 1.82) is 5.26 Å². The largest absolute Gasteiger partial charge is 0.496 e. The molecule has 0 aliphatic heterocycles. The van der Waals surface area contributed by atoms with Crippen LogP contribution in [0.15, 0.2) is 40.9 Å². The Morgan fingerprint density at radius 2 is 1.95 bits per heavy atom. The summed E-state index contributed by atoms with van der Waals surface area (Å²) in [7, 11) is 1.59. The highest BCUT2D eigenvalue weighted by Gasteiger charge is 2.08. The Morgan fingerprint density at radius 1 is 1.20 bits per heavy atom. The van der Waals surface area contributed by atoms with E-state index in [4.69, 9.17) is 26.3 Å².